The average molecular weight is 344 g/mol. The van der Waals surface area contributed by atoms with Gasteiger partial charge in [-0.25, -0.2) is 0 Å². The fourth-order valence-electron chi connectivity index (χ4n) is 1.84. The number of rotatable bonds is 5. The van der Waals surface area contributed by atoms with Crippen LogP contribution in [-0.4, -0.2) is 12.5 Å². The molecule has 2 aromatic rings. The number of amides is 1. The van der Waals surface area contributed by atoms with Crippen molar-refractivity contribution in [1.29, 1.82) is 5.26 Å². The van der Waals surface area contributed by atoms with Gasteiger partial charge in [0.2, 0.25) is 5.91 Å². The zero-order valence-corrected chi connectivity index (χ0v) is 12.9. The molecule has 0 atom stereocenters. The number of anilines is 1. The molecule has 0 aliphatic rings. The van der Waals surface area contributed by atoms with Gasteiger partial charge < -0.3 is 10.6 Å². The van der Waals surface area contributed by atoms with Crippen molar-refractivity contribution in [3.05, 3.63) is 64.1 Å². The molecule has 0 heterocycles. The van der Waals surface area contributed by atoms with Gasteiger partial charge in [-0.2, -0.15) is 5.26 Å². The molecular weight excluding hydrogens is 330 g/mol. The van der Waals surface area contributed by atoms with Gasteiger partial charge in [0.15, 0.2) is 0 Å². The van der Waals surface area contributed by atoms with E-state index in [0.717, 1.165) is 15.7 Å². The molecule has 0 bridgehead atoms. The summed E-state index contributed by atoms with van der Waals surface area (Å²) in [5.41, 5.74) is 2.35. The first-order valence-corrected chi connectivity index (χ1v) is 7.22. The second-order valence-electron chi connectivity index (χ2n) is 4.47. The lowest BCUT2D eigenvalue weighted by Gasteiger charge is -2.07. The van der Waals surface area contributed by atoms with Crippen LogP contribution in [0.15, 0.2) is 53.0 Å². The van der Waals surface area contributed by atoms with Crippen molar-refractivity contribution < 1.29 is 4.79 Å². The molecule has 1 amide bonds. The molecule has 106 valence electrons. The van der Waals surface area contributed by atoms with Gasteiger partial charge in [-0.1, -0.05) is 34.1 Å². The maximum atomic E-state index is 11.8. The lowest BCUT2D eigenvalue weighted by Crippen LogP contribution is -2.27. The predicted octanol–water partition coefficient (Wildman–Crippen LogP) is 3.05. The van der Waals surface area contributed by atoms with Gasteiger partial charge in [0.25, 0.3) is 0 Å². The van der Waals surface area contributed by atoms with Crippen LogP contribution < -0.4 is 10.6 Å². The summed E-state index contributed by atoms with van der Waals surface area (Å²) in [5, 5.41) is 14.7. The molecule has 2 rings (SSSR count). The van der Waals surface area contributed by atoms with Crippen LogP contribution in [0.25, 0.3) is 0 Å². The van der Waals surface area contributed by atoms with Crippen LogP contribution in [0.5, 0.6) is 0 Å². The third-order valence-electron chi connectivity index (χ3n) is 2.78. The van der Waals surface area contributed by atoms with Crippen molar-refractivity contribution >= 4 is 27.5 Å². The Kier molecular flexibility index (Phi) is 5.50. The zero-order valence-electron chi connectivity index (χ0n) is 11.3. The Morgan fingerprint density at radius 2 is 2.00 bits per heavy atom. The standard InChI is InChI=1S/C16H14BrN3O/c17-14-5-2-6-15(8-14)20-16(21)11-19-10-13-4-1-3-12(7-13)9-18/h1-8,19H,10-11H2,(H,20,21). The zero-order chi connectivity index (χ0) is 15.1. The summed E-state index contributed by atoms with van der Waals surface area (Å²) in [6, 6.07) is 16.8. The summed E-state index contributed by atoms with van der Waals surface area (Å²) in [6.45, 7) is 0.755. The predicted molar refractivity (Wildman–Crippen MR) is 85.6 cm³/mol. The summed E-state index contributed by atoms with van der Waals surface area (Å²) >= 11 is 3.36. The fraction of sp³-hybridized carbons (Fsp3) is 0.125. The highest BCUT2D eigenvalue weighted by molar-refractivity contribution is 9.10. The minimum absolute atomic E-state index is 0.107. The highest BCUT2D eigenvalue weighted by Gasteiger charge is 2.02. The first-order chi connectivity index (χ1) is 10.2. The molecule has 2 N–H and O–H groups in total. The Bertz CT molecular complexity index is 679. The fourth-order valence-corrected chi connectivity index (χ4v) is 2.24. The summed E-state index contributed by atoms with van der Waals surface area (Å²) < 4.78 is 0.918. The van der Waals surface area contributed by atoms with E-state index in [2.05, 4.69) is 32.6 Å². The molecule has 0 aliphatic heterocycles. The van der Waals surface area contributed by atoms with Crippen LogP contribution in [0.1, 0.15) is 11.1 Å². The van der Waals surface area contributed by atoms with Crippen LogP contribution in [0.4, 0.5) is 5.69 Å². The minimum atomic E-state index is -0.107. The van der Waals surface area contributed by atoms with E-state index >= 15 is 0 Å². The molecule has 0 unspecified atom stereocenters. The third kappa shape index (κ3) is 5.03. The van der Waals surface area contributed by atoms with E-state index in [1.54, 1.807) is 12.1 Å². The van der Waals surface area contributed by atoms with Crippen molar-refractivity contribution in [2.45, 2.75) is 6.54 Å². The molecule has 5 heteroatoms. The van der Waals surface area contributed by atoms with Crippen molar-refractivity contribution in [3.8, 4) is 6.07 Å². The van der Waals surface area contributed by atoms with Crippen molar-refractivity contribution in [3.63, 3.8) is 0 Å². The number of halogens is 1. The number of hydrogen-bond donors (Lipinski definition) is 2. The summed E-state index contributed by atoms with van der Waals surface area (Å²) in [6.07, 6.45) is 0. The molecular formula is C16H14BrN3O. The van der Waals surface area contributed by atoms with Gasteiger partial charge in [-0.05, 0) is 35.9 Å². The SMILES string of the molecule is N#Cc1cccc(CNCC(=O)Nc2cccc(Br)c2)c1. The van der Waals surface area contributed by atoms with E-state index in [-0.39, 0.29) is 12.5 Å². The smallest absolute Gasteiger partial charge is 0.238 e. The highest BCUT2D eigenvalue weighted by Crippen LogP contribution is 2.15. The van der Waals surface area contributed by atoms with E-state index in [1.165, 1.54) is 0 Å². The number of hydrogen-bond acceptors (Lipinski definition) is 3. The summed E-state index contributed by atoms with van der Waals surface area (Å²) in [7, 11) is 0. The first kappa shape index (κ1) is 15.2. The van der Waals surface area contributed by atoms with Crippen LogP contribution in [0, 0.1) is 11.3 Å². The first-order valence-electron chi connectivity index (χ1n) is 6.42. The van der Waals surface area contributed by atoms with Gasteiger partial charge in [0.05, 0.1) is 18.2 Å². The molecule has 21 heavy (non-hydrogen) atoms. The summed E-state index contributed by atoms with van der Waals surface area (Å²) in [5.74, 6) is -0.107. The molecule has 0 fully saturated rings. The van der Waals surface area contributed by atoms with Gasteiger partial charge in [0, 0.05) is 16.7 Å². The summed E-state index contributed by atoms with van der Waals surface area (Å²) in [4.78, 5) is 11.8. The van der Waals surface area contributed by atoms with Crippen LogP contribution in [0.3, 0.4) is 0 Å². The molecule has 4 nitrogen and oxygen atoms in total. The van der Waals surface area contributed by atoms with Crippen molar-refractivity contribution in [2.24, 2.45) is 0 Å². The lowest BCUT2D eigenvalue weighted by molar-refractivity contribution is -0.115. The molecule has 0 saturated carbocycles. The van der Waals surface area contributed by atoms with Gasteiger partial charge in [-0.15, -0.1) is 0 Å². The second-order valence-corrected chi connectivity index (χ2v) is 5.39. The molecule has 0 spiro atoms. The monoisotopic (exact) mass is 343 g/mol. The topological polar surface area (TPSA) is 64.9 Å². The molecule has 0 aromatic heterocycles. The Balaban J connectivity index is 1.80. The van der Waals surface area contributed by atoms with Crippen molar-refractivity contribution in [1.82, 2.24) is 5.32 Å². The molecule has 0 radical (unpaired) electrons. The van der Waals surface area contributed by atoms with E-state index in [4.69, 9.17) is 5.26 Å². The third-order valence-corrected chi connectivity index (χ3v) is 3.27. The van der Waals surface area contributed by atoms with E-state index < -0.39 is 0 Å². The number of carbonyl (C=O) groups excluding carboxylic acids is 1. The van der Waals surface area contributed by atoms with Crippen LogP contribution in [-0.2, 0) is 11.3 Å². The second kappa shape index (κ2) is 7.58. The lowest BCUT2D eigenvalue weighted by atomic mass is 10.1. The van der Waals surface area contributed by atoms with E-state index in [0.29, 0.717) is 12.1 Å². The molecule has 0 aliphatic carbocycles. The molecule has 2 aromatic carbocycles. The van der Waals surface area contributed by atoms with Crippen LogP contribution >= 0.6 is 15.9 Å². The highest BCUT2D eigenvalue weighted by atomic mass is 79.9. The number of benzene rings is 2. The normalized spacial score (nSPS) is 9.90. The molecule has 0 saturated heterocycles. The van der Waals surface area contributed by atoms with Crippen LogP contribution in [0.2, 0.25) is 0 Å². The van der Waals surface area contributed by atoms with E-state index in [9.17, 15) is 4.79 Å². The number of nitrogens with one attached hydrogen (secondary N) is 2. The van der Waals surface area contributed by atoms with E-state index in [1.807, 2.05) is 36.4 Å². The van der Waals surface area contributed by atoms with Gasteiger partial charge in [0.1, 0.15) is 0 Å². The Morgan fingerprint density at radius 1 is 1.19 bits per heavy atom. The van der Waals surface area contributed by atoms with Gasteiger partial charge in [-0.3, -0.25) is 4.79 Å². The van der Waals surface area contributed by atoms with Gasteiger partial charge >= 0.3 is 0 Å². The average Bonchev–Trinajstić information content (AvgIpc) is 2.47. The largest absolute Gasteiger partial charge is 0.325 e. The number of carbonyl (C=O) groups is 1. The number of nitrogens with zero attached hydrogens (tertiary/aromatic N) is 1. The van der Waals surface area contributed by atoms with Crippen molar-refractivity contribution in [2.75, 3.05) is 11.9 Å². The maximum absolute atomic E-state index is 11.8. The number of nitriles is 1. The quantitative estimate of drug-likeness (QED) is 0.876. The Labute approximate surface area is 131 Å². The minimum Gasteiger partial charge on any atom is -0.325 e. The Hall–Kier alpha value is -2.16. The Morgan fingerprint density at radius 3 is 2.76 bits per heavy atom. The maximum Gasteiger partial charge on any atom is 0.238 e.